The summed E-state index contributed by atoms with van der Waals surface area (Å²) in [7, 11) is 0. The first-order valence-electron chi connectivity index (χ1n) is 10.8. The van der Waals surface area contributed by atoms with E-state index in [0.29, 0.717) is 11.1 Å². The molecule has 0 spiro atoms. The summed E-state index contributed by atoms with van der Waals surface area (Å²) in [6.07, 6.45) is -9.25. The molecule has 188 valence electrons. The lowest BCUT2D eigenvalue weighted by Crippen LogP contribution is -2.35. The van der Waals surface area contributed by atoms with Crippen molar-refractivity contribution < 1.29 is 26.3 Å². The third kappa shape index (κ3) is 3.84. The van der Waals surface area contributed by atoms with Gasteiger partial charge < -0.3 is 0 Å². The zero-order valence-electron chi connectivity index (χ0n) is 18.6. The monoisotopic (exact) mass is 556 g/mol. The van der Waals surface area contributed by atoms with Gasteiger partial charge >= 0.3 is 12.4 Å². The van der Waals surface area contributed by atoms with Gasteiger partial charge in [0.15, 0.2) is 0 Å². The molecule has 4 atom stereocenters. The number of hydrogen-bond acceptors (Lipinski definition) is 5. The first-order chi connectivity index (χ1) is 17.9. The van der Waals surface area contributed by atoms with E-state index in [1.165, 1.54) is 12.1 Å². The van der Waals surface area contributed by atoms with Crippen molar-refractivity contribution in [3.8, 4) is 18.2 Å². The number of fused-ring (bicyclic) bond motifs is 6. The molecule has 0 N–H and O–H groups in total. The number of alkyl halides is 6. The molecule has 1 aliphatic carbocycles. The molecular weight excluding hydrogens is 546 g/mol. The first-order valence-corrected chi connectivity index (χ1v) is 12.5. The second kappa shape index (κ2) is 8.88. The van der Waals surface area contributed by atoms with Crippen LogP contribution in [0.15, 0.2) is 68.6 Å². The molecule has 0 saturated heterocycles. The number of nitriles is 3. The molecule has 3 aliphatic rings. The van der Waals surface area contributed by atoms with Crippen LogP contribution in [-0.4, -0.2) is 10.5 Å². The molecule has 0 amide bonds. The lowest BCUT2D eigenvalue weighted by Gasteiger charge is -2.40. The molecule has 4 nitrogen and oxygen atoms in total. The van der Waals surface area contributed by atoms with E-state index in [4.69, 9.17) is 6.57 Å². The van der Waals surface area contributed by atoms with Crippen molar-refractivity contribution in [1.82, 2.24) is 0 Å². The van der Waals surface area contributed by atoms with Crippen LogP contribution in [0, 0.1) is 40.6 Å². The van der Waals surface area contributed by atoms with Crippen LogP contribution in [0.1, 0.15) is 34.1 Å². The number of rotatable bonds is 0. The van der Waals surface area contributed by atoms with Gasteiger partial charge in [0.05, 0.1) is 23.8 Å². The topological polar surface area (TPSA) is 75.7 Å². The first kappa shape index (κ1) is 25.8. The second-order valence-corrected chi connectivity index (χ2v) is 11.0. The highest BCUT2D eigenvalue weighted by atomic mass is 32.2. The van der Waals surface area contributed by atoms with E-state index in [1.807, 2.05) is 18.2 Å². The van der Waals surface area contributed by atoms with Crippen LogP contribution in [0.3, 0.4) is 0 Å². The van der Waals surface area contributed by atoms with Crippen LogP contribution in [0.4, 0.5) is 26.3 Å². The fraction of sp³-hybridized carbons (Fsp3) is 0.231. The zero-order chi connectivity index (χ0) is 27.6. The van der Waals surface area contributed by atoms with Crippen molar-refractivity contribution in [2.45, 2.75) is 44.5 Å². The smallest absolute Gasteiger partial charge is 0.227 e. The highest BCUT2D eigenvalue weighted by Gasteiger charge is 2.55. The van der Waals surface area contributed by atoms with E-state index in [9.17, 15) is 42.1 Å². The summed E-state index contributed by atoms with van der Waals surface area (Å²) in [5.74, 6) is -1.64. The lowest BCUT2D eigenvalue weighted by molar-refractivity contribution is -0.138. The third-order valence-electron chi connectivity index (χ3n) is 6.75. The van der Waals surface area contributed by atoms with Gasteiger partial charge in [0.1, 0.15) is 17.7 Å². The minimum absolute atomic E-state index is 0.236. The van der Waals surface area contributed by atoms with Gasteiger partial charge in [-0.05, 0) is 46.5 Å². The Kier molecular flexibility index (Phi) is 6.03. The van der Waals surface area contributed by atoms with E-state index in [0.717, 1.165) is 47.8 Å². The Morgan fingerprint density at radius 2 is 1.18 bits per heavy atom. The second-order valence-electron chi connectivity index (χ2n) is 8.61. The normalized spacial score (nSPS) is 24.5. The summed E-state index contributed by atoms with van der Waals surface area (Å²) < 4.78 is 80.7. The van der Waals surface area contributed by atoms with Crippen LogP contribution in [0.25, 0.3) is 4.85 Å². The molecular formula is C26H10F6N4S2. The summed E-state index contributed by atoms with van der Waals surface area (Å²) in [5, 5.41) is 27.8. The van der Waals surface area contributed by atoms with Crippen LogP contribution in [-0.2, 0) is 12.4 Å². The number of benzene rings is 2. The molecule has 5 rings (SSSR count). The molecule has 12 heteroatoms. The Hall–Kier alpha value is -3.84. The van der Waals surface area contributed by atoms with Crippen LogP contribution >= 0.6 is 23.5 Å². The number of halogens is 6. The van der Waals surface area contributed by atoms with Crippen molar-refractivity contribution in [1.29, 1.82) is 15.8 Å². The molecule has 0 radical (unpaired) electrons. The van der Waals surface area contributed by atoms with E-state index < -0.39 is 45.8 Å². The van der Waals surface area contributed by atoms with Crippen LogP contribution < -0.4 is 0 Å². The van der Waals surface area contributed by atoms with Crippen molar-refractivity contribution in [2.75, 3.05) is 0 Å². The summed E-state index contributed by atoms with van der Waals surface area (Å²) in [4.78, 5) is 3.82. The number of nitrogens with zero attached hydrogens (tertiary/aromatic N) is 4. The standard InChI is InChI=1S/C26H10F6N4S2/c1-36-16(10-35)22-21-15-5-3-13(26(30,31)32)7-18(15)37-23(21)19(11(8-33)9-34)20-14-4-2-12(25(27,28)29)6-17(14)38-24(20)22/h2-7,20-21,23-24H/b22-16+. The maximum absolute atomic E-state index is 13.4. The van der Waals surface area contributed by atoms with Gasteiger partial charge in [0.25, 0.3) is 5.70 Å². The van der Waals surface area contributed by atoms with Crippen molar-refractivity contribution in [3.63, 3.8) is 0 Å². The molecule has 1 saturated carbocycles. The summed E-state index contributed by atoms with van der Waals surface area (Å²) in [5.41, 5.74) is -1.05. The molecule has 2 aromatic rings. The minimum Gasteiger partial charge on any atom is -0.227 e. The van der Waals surface area contributed by atoms with Gasteiger partial charge in [-0.2, -0.15) is 36.9 Å². The maximum Gasteiger partial charge on any atom is 0.416 e. The quantitative estimate of drug-likeness (QED) is 0.190. The van der Waals surface area contributed by atoms with Crippen molar-refractivity contribution in [3.05, 3.63) is 92.5 Å². The van der Waals surface area contributed by atoms with E-state index >= 15 is 0 Å². The molecule has 2 heterocycles. The number of allylic oxidation sites excluding steroid dienone is 2. The Balaban J connectivity index is 1.80. The highest BCUT2D eigenvalue weighted by molar-refractivity contribution is 8.01. The van der Waals surface area contributed by atoms with Gasteiger partial charge in [-0.15, -0.1) is 23.5 Å². The van der Waals surface area contributed by atoms with Crippen molar-refractivity contribution >= 4 is 23.5 Å². The van der Waals surface area contributed by atoms with Gasteiger partial charge in [0.2, 0.25) is 0 Å². The summed E-state index contributed by atoms with van der Waals surface area (Å²) in [6.45, 7) is 7.60. The fourth-order valence-corrected chi connectivity index (χ4v) is 8.50. The predicted octanol–water partition coefficient (Wildman–Crippen LogP) is 7.59. The largest absolute Gasteiger partial charge is 0.416 e. The van der Waals surface area contributed by atoms with Crippen LogP contribution in [0.5, 0.6) is 0 Å². The average molecular weight is 557 g/mol. The Morgan fingerprint density at radius 1 is 0.737 bits per heavy atom. The van der Waals surface area contributed by atoms with Crippen molar-refractivity contribution in [2.24, 2.45) is 0 Å². The number of thioether (sulfide) groups is 2. The third-order valence-corrected chi connectivity index (χ3v) is 9.53. The Morgan fingerprint density at radius 3 is 1.58 bits per heavy atom. The van der Waals surface area contributed by atoms with Gasteiger partial charge in [0, 0.05) is 32.1 Å². The van der Waals surface area contributed by atoms with Gasteiger partial charge in [-0.25, -0.2) is 10.1 Å². The Labute approximate surface area is 220 Å². The lowest BCUT2D eigenvalue weighted by atomic mass is 9.68. The highest BCUT2D eigenvalue weighted by Crippen LogP contribution is 2.66. The fourth-order valence-electron chi connectivity index (χ4n) is 5.26. The molecule has 38 heavy (non-hydrogen) atoms. The average Bonchev–Trinajstić information content (AvgIpc) is 3.43. The van der Waals surface area contributed by atoms with Crippen LogP contribution in [0.2, 0.25) is 0 Å². The zero-order valence-corrected chi connectivity index (χ0v) is 20.3. The van der Waals surface area contributed by atoms with E-state index in [2.05, 4.69) is 4.85 Å². The minimum atomic E-state index is -4.62. The van der Waals surface area contributed by atoms with E-state index in [1.54, 1.807) is 0 Å². The molecule has 0 aromatic heterocycles. The maximum atomic E-state index is 13.4. The molecule has 4 unspecified atom stereocenters. The molecule has 1 fully saturated rings. The molecule has 0 bridgehead atoms. The van der Waals surface area contributed by atoms with E-state index in [-0.39, 0.29) is 32.2 Å². The predicted molar refractivity (Wildman–Crippen MR) is 125 cm³/mol. The molecule has 2 aliphatic heterocycles. The number of hydrogen-bond donors (Lipinski definition) is 0. The SMILES string of the molecule is [C-]#[N+]/C(C#N)=C1/C2Sc3cc(C(F)(F)F)ccc3C2C(=C(C#N)C#N)C2Sc3cc(C(F)(F)F)ccc3C12. The summed E-state index contributed by atoms with van der Waals surface area (Å²) >= 11 is 1.99. The van der Waals surface area contributed by atoms with Gasteiger partial charge in [-0.1, -0.05) is 12.1 Å². The molecule has 2 aromatic carbocycles. The Bertz CT molecular complexity index is 1470. The summed E-state index contributed by atoms with van der Waals surface area (Å²) in [6, 6.07) is 11.8. The van der Waals surface area contributed by atoms with Gasteiger partial charge in [-0.3, -0.25) is 0 Å².